The van der Waals surface area contributed by atoms with Crippen molar-refractivity contribution in [1.29, 1.82) is 0 Å². The largest absolute Gasteiger partial charge is 0.417 e. The van der Waals surface area contributed by atoms with Crippen LogP contribution in [0.2, 0.25) is 0 Å². The first kappa shape index (κ1) is 16.5. The highest BCUT2D eigenvalue weighted by molar-refractivity contribution is 5.85. The van der Waals surface area contributed by atoms with Crippen molar-refractivity contribution in [1.82, 2.24) is 9.47 Å². The molecule has 0 unspecified atom stereocenters. The zero-order valence-corrected chi connectivity index (χ0v) is 13.1. The molecule has 2 aromatic rings. The molecule has 2 rings (SSSR count). The van der Waals surface area contributed by atoms with Crippen LogP contribution in [0.4, 0.5) is 13.2 Å². The highest BCUT2D eigenvalue weighted by Crippen LogP contribution is 2.36. The summed E-state index contributed by atoms with van der Waals surface area (Å²) >= 11 is 0. The van der Waals surface area contributed by atoms with Gasteiger partial charge in [0.25, 0.3) is 5.56 Å². The van der Waals surface area contributed by atoms with Crippen LogP contribution in [0.15, 0.2) is 23.0 Å². The number of aromatic nitrogens is 1. The van der Waals surface area contributed by atoms with Crippen LogP contribution in [0.25, 0.3) is 10.9 Å². The van der Waals surface area contributed by atoms with Crippen molar-refractivity contribution >= 4 is 10.9 Å². The standard InChI is InChI=1S/C16H19F3N2O/c1-5-11-14(16(17,18)19)12-8-10(9-20(2)3)6-7-13(12)21(4)15(11)22/h6-8H,5,9H2,1-4H3. The number of hydrogen-bond donors (Lipinski definition) is 0. The lowest BCUT2D eigenvalue weighted by molar-refractivity contribution is -0.137. The van der Waals surface area contributed by atoms with Gasteiger partial charge in [0.05, 0.1) is 11.1 Å². The molecule has 0 radical (unpaired) electrons. The number of rotatable bonds is 3. The van der Waals surface area contributed by atoms with Gasteiger partial charge in [-0.3, -0.25) is 4.79 Å². The van der Waals surface area contributed by atoms with Gasteiger partial charge in [-0.2, -0.15) is 13.2 Å². The minimum Gasteiger partial charge on any atom is -0.311 e. The molecule has 0 aliphatic rings. The number of aryl methyl sites for hydroxylation is 1. The lowest BCUT2D eigenvalue weighted by atomic mass is 9.99. The molecule has 6 heteroatoms. The summed E-state index contributed by atoms with van der Waals surface area (Å²) in [6.45, 7) is 2.11. The number of benzene rings is 1. The van der Waals surface area contributed by atoms with Crippen molar-refractivity contribution in [2.75, 3.05) is 14.1 Å². The van der Waals surface area contributed by atoms with Gasteiger partial charge in [0.1, 0.15) is 0 Å². The van der Waals surface area contributed by atoms with Crippen molar-refractivity contribution < 1.29 is 13.2 Å². The fourth-order valence-corrected chi connectivity index (χ4v) is 2.77. The highest BCUT2D eigenvalue weighted by Gasteiger charge is 2.37. The molecular formula is C16H19F3N2O. The van der Waals surface area contributed by atoms with E-state index in [1.165, 1.54) is 17.7 Å². The third-order valence-corrected chi connectivity index (χ3v) is 3.69. The maximum atomic E-state index is 13.5. The molecule has 0 N–H and O–H groups in total. The van der Waals surface area contributed by atoms with Crippen LogP contribution in [-0.4, -0.2) is 23.6 Å². The number of nitrogens with zero attached hydrogens (tertiary/aromatic N) is 2. The number of pyridine rings is 1. The van der Waals surface area contributed by atoms with Gasteiger partial charge in [0, 0.05) is 24.5 Å². The topological polar surface area (TPSA) is 25.2 Å². The molecule has 1 aromatic heterocycles. The van der Waals surface area contributed by atoms with E-state index in [4.69, 9.17) is 0 Å². The predicted octanol–water partition coefficient (Wildman–Crippen LogP) is 3.18. The molecule has 0 amide bonds. The van der Waals surface area contributed by atoms with Gasteiger partial charge in [-0.05, 0) is 38.2 Å². The van der Waals surface area contributed by atoms with Gasteiger partial charge in [0.2, 0.25) is 0 Å². The van der Waals surface area contributed by atoms with Crippen molar-refractivity contribution in [2.24, 2.45) is 7.05 Å². The van der Waals surface area contributed by atoms with Gasteiger partial charge >= 0.3 is 6.18 Å². The zero-order chi connectivity index (χ0) is 16.7. The molecular weight excluding hydrogens is 293 g/mol. The first-order valence-corrected chi connectivity index (χ1v) is 7.03. The molecule has 0 saturated carbocycles. The fraction of sp³-hybridized carbons (Fsp3) is 0.438. The average Bonchev–Trinajstić information content (AvgIpc) is 2.40. The third kappa shape index (κ3) is 2.88. The smallest absolute Gasteiger partial charge is 0.311 e. The summed E-state index contributed by atoms with van der Waals surface area (Å²) in [6, 6.07) is 4.88. The van der Waals surface area contributed by atoms with Crippen LogP contribution in [0.1, 0.15) is 23.6 Å². The highest BCUT2D eigenvalue weighted by atomic mass is 19.4. The van der Waals surface area contributed by atoms with E-state index < -0.39 is 17.3 Å². The number of alkyl halides is 3. The molecule has 3 nitrogen and oxygen atoms in total. The Balaban J connectivity index is 2.91. The summed E-state index contributed by atoms with van der Waals surface area (Å²) in [7, 11) is 5.22. The second-order valence-corrected chi connectivity index (χ2v) is 5.66. The average molecular weight is 312 g/mol. The Morgan fingerprint density at radius 2 is 1.86 bits per heavy atom. The first-order chi connectivity index (χ1) is 10.2. The fourth-order valence-electron chi connectivity index (χ4n) is 2.77. The number of fused-ring (bicyclic) bond motifs is 1. The molecule has 120 valence electrons. The molecule has 0 atom stereocenters. The van der Waals surface area contributed by atoms with Crippen LogP contribution in [-0.2, 0) is 26.2 Å². The molecule has 0 aliphatic carbocycles. The van der Waals surface area contributed by atoms with Crippen molar-refractivity contribution in [3.05, 3.63) is 45.2 Å². The van der Waals surface area contributed by atoms with E-state index in [0.717, 1.165) is 5.56 Å². The molecule has 1 aromatic carbocycles. The van der Waals surface area contributed by atoms with Gasteiger partial charge in [-0.15, -0.1) is 0 Å². The van der Waals surface area contributed by atoms with E-state index in [1.54, 1.807) is 19.1 Å². The molecule has 0 spiro atoms. The second kappa shape index (κ2) is 5.76. The maximum Gasteiger partial charge on any atom is 0.417 e. The lowest BCUT2D eigenvalue weighted by Crippen LogP contribution is -2.27. The summed E-state index contributed by atoms with van der Waals surface area (Å²) in [5, 5.41) is 0.0887. The molecule has 0 aliphatic heterocycles. The van der Waals surface area contributed by atoms with Gasteiger partial charge in [-0.25, -0.2) is 0 Å². The van der Waals surface area contributed by atoms with E-state index in [1.807, 2.05) is 19.0 Å². The summed E-state index contributed by atoms with van der Waals surface area (Å²) < 4.78 is 41.8. The summed E-state index contributed by atoms with van der Waals surface area (Å²) in [5.41, 5.74) is -0.471. The predicted molar refractivity (Wildman–Crippen MR) is 81.0 cm³/mol. The van der Waals surface area contributed by atoms with Gasteiger partial charge < -0.3 is 9.47 Å². The lowest BCUT2D eigenvalue weighted by Gasteiger charge is -2.18. The first-order valence-electron chi connectivity index (χ1n) is 7.03. The van der Waals surface area contributed by atoms with Crippen molar-refractivity contribution in [2.45, 2.75) is 26.1 Å². The molecule has 22 heavy (non-hydrogen) atoms. The van der Waals surface area contributed by atoms with E-state index in [9.17, 15) is 18.0 Å². The monoisotopic (exact) mass is 312 g/mol. The Bertz CT molecular complexity index is 761. The number of halogens is 3. The van der Waals surface area contributed by atoms with Crippen LogP contribution >= 0.6 is 0 Å². The van der Waals surface area contributed by atoms with Crippen LogP contribution in [0.3, 0.4) is 0 Å². The Morgan fingerprint density at radius 1 is 1.23 bits per heavy atom. The Kier molecular flexibility index (Phi) is 4.33. The summed E-state index contributed by atoms with van der Waals surface area (Å²) in [5.74, 6) is 0. The van der Waals surface area contributed by atoms with E-state index in [0.29, 0.717) is 12.1 Å². The Hall–Kier alpha value is -1.82. The van der Waals surface area contributed by atoms with Crippen molar-refractivity contribution in [3.63, 3.8) is 0 Å². The minimum absolute atomic E-state index is 0.0510. The minimum atomic E-state index is -4.55. The SMILES string of the molecule is CCc1c(C(F)(F)F)c2cc(CN(C)C)ccc2n(C)c1=O. The van der Waals surface area contributed by atoms with Gasteiger partial charge in [0.15, 0.2) is 0 Å². The van der Waals surface area contributed by atoms with Crippen LogP contribution < -0.4 is 5.56 Å². The van der Waals surface area contributed by atoms with E-state index >= 15 is 0 Å². The zero-order valence-electron chi connectivity index (χ0n) is 13.1. The van der Waals surface area contributed by atoms with Crippen LogP contribution in [0.5, 0.6) is 0 Å². The molecule has 0 fully saturated rings. The van der Waals surface area contributed by atoms with Crippen molar-refractivity contribution in [3.8, 4) is 0 Å². The Morgan fingerprint density at radius 3 is 2.36 bits per heavy atom. The second-order valence-electron chi connectivity index (χ2n) is 5.66. The van der Waals surface area contributed by atoms with E-state index in [-0.39, 0.29) is 17.4 Å². The maximum absolute atomic E-state index is 13.5. The summed E-state index contributed by atoms with van der Waals surface area (Å²) in [6.07, 6.45) is -4.50. The summed E-state index contributed by atoms with van der Waals surface area (Å²) in [4.78, 5) is 14.1. The normalized spacial score (nSPS) is 12.4. The molecule has 0 saturated heterocycles. The third-order valence-electron chi connectivity index (χ3n) is 3.69. The van der Waals surface area contributed by atoms with Gasteiger partial charge in [-0.1, -0.05) is 13.0 Å². The van der Waals surface area contributed by atoms with E-state index in [2.05, 4.69) is 0 Å². The van der Waals surface area contributed by atoms with Crippen LogP contribution in [0, 0.1) is 0 Å². The molecule has 0 bridgehead atoms. The number of hydrogen-bond acceptors (Lipinski definition) is 2. The Labute approximate surface area is 127 Å². The quantitative estimate of drug-likeness (QED) is 0.870. The molecule has 1 heterocycles.